The first kappa shape index (κ1) is 12.2. The van der Waals surface area contributed by atoms with Crippen LogP contribution in [0.15, 0.2) is 66.9 Å². The molecule has 2 heterocycles. The third kappa shape index (κ3) is 2.12. The van der Waals surface area contributed by atoms with E-state index >= 15 is 0 Å². The van der Waals surface area contributed by atoms with Crippen LogP contribution >= 0.6 is 11.3 Å². The standard InChI is InChI=1S/C18H11NOS/c20-18(17-10-13-6-2-4-8-16(13)21-17)14-9-12-5-1-3-7-15(12)19-11-14/h1-11H. The normalized spacial score (nSPS) is 11.0. The second-order valence-corrected chi connectivity index (χ2v) is 5.98. The SMILES string of the molecule is O=C(c1cnc2ccccc2c1)c1cc2ccccc2s1. The highest BCUT2D eigenvalue weighted by atomic mass is 32.1. The van der Waals surface area contributed by atoms with E-state index in [0.717, 1.165) is 25.9 Å². The second-order valence-electron chi connectivity index (χ2n) is 4.89. The minimum Gasteiger partial charge on any atom is -0.288 e. The number of benzene rings is 2. The molecule has 0 saturated heterocycles. The first-order chi connectivity index (χ1) is 10.3. The van der Waals surface area contributed by atoms with Crippen molar-refractivity contribution < 1.29 is 4.79 Å². The molecule has 4 aromatic rings. The van der Waals surface area contributed by atoms with E-state index in [-0.39, 0.29) is 5.78 Å². The quantitative estimate of drug-likeness (QED) is 0.501. The second kappa shape index (κ2) is 4.79. The van der Waals surface area contributed by atoms with Crippen molar-refractivity contribution in [1.29, 1.82) is 0 Å². The lowest BCUT2D eigenvalue weighted by atomic mass is 10.1. The van der Waals surface area contributed by atoms with E-state index in [1.807, 2.05) is 60.7 Å². The van der Waals surface area contributed by atoms with Crippen molar-refractivity contribution in [3.63, 3.8) is 0 Å². The minimum atomic E-state index is 0.0365. The molecule has 0 fully saturated rings. The predicted molar refractivity (Wildman–Crippen MR) is 87.0 cm³/mol. The molecular formula is C18H11NOS. The zero-order valence-electron chi connectivity index (χ0n) is 11.1. The molecule has 2 nitrogen and oxygen atoms in total. The number of hydrogen-bond donors (Lipinski definition) is 0. The number of rotatable bonds is 2. The van der Waals surface area contributed by atoms with Crippen molar-refractivity contribution in [3.05, 3.63) is 77.3 Å². The number of para-hydroxylation sites is 1. The molecule has 0 aliphatic rings. The van der Waals surface area contributed by atoms with Gasteiger partial charge in [-0.25, -0.2) is 0 Å². The van der Waals surface area contributed by atoms with Gasteiger partial charge < -0.3 is 0 Å². The van der Waals surface area contributed by atoms with E-state index < -0.39 is 0 Å². The first-order valence-corrected chi connectivity index (χ1v) is 7.51. The molecule has 100 valence electrons. The summed E-state index contributed by atoms with van der Waals surface area (Å²) in [6.45, 7) is 0. The summed E-state index contributed by atoms with van der Waals surface area (Å²) in [5.41, 5.74) is 1.55. The summed E-state index contributed by atoms with van der Waals surface area (Å²) < 4.78 is 1.13. The molecule has 0 radical (unpaired) electrons. The molecule has 0 bridgehead atoms. The fraction of sp³-hybridized carbons (Fsp3) is 0. The summed E-state index contributed by atoms with van der Waals surface area (Å²) in [5, 5.41) is 2.10. The average Bonchev–Trinajstić information content (AvgIpc) is 2.97. The molecular weight excluding hydrogens is 278 g/mol. The number of hydrogen-bond acceptors (Lipinski definition) is 3. The van der Waals surface area contributed by atoms with Crippen LogP contribution in [0.25, 0.3) is 21.0 Å². The Labute approximate surface area is 125 Å². The predicted octanol–water partition coefficient (Wildman–Crippen LogP) is 4.68. The lowest BCUT2D eigenvalue weighted by molar-refractivity contribution is 0.104. The molecule has 0 spiro atoms. The van der Waals surface area contributed by atoms with E-state index in [0.29, 0.717) is 5.56 Å². The number of thiophene rings is 1. The van der Waals surface area contributed by atoms with Crippen molar-refractivity contribution >= 4 is 38.1 Å². The molecule has 0 atom stereocenters. The number of aromatic nitrogens is 1. The van der Waals surface area contributed by atoms with Crippen molar-refractivity contribution in [2.75, 3.05) is 0 Å². The highest BCUT2D eigenvalue weighted by Gasteiger charge is 2.13. The Kier molecular flexibility index (Phi) is 2.79. The van der Waals surface area contributed by atoms with Gasteiger partial charge in [0.25, 0.3) is 0 Å². The lowest BCUT2D eigenvalue weighted by Gasteiger charge is -2.00. The fourth-order valence-electron chi connectivity index (χ4n) is 2.43. The molecule has 2 aromatic heterocycles. The van der Waals surface area contributed by atoms with Crippen LogP contribution in [0.3, 0.4) is 0 Å². The lowest BCUT2D eigenvalue weighted by Crippen LogP contribution is -1.99. The molecule has 0 aliphatic heterocycles. The number of fused-ring (bicyclic) bond motifs is 2. The zero-order chi connectivity index (χ0) is 14.2. The van der Waals surface area contributed by atoms with Gasteiger partial charge in [0.1, 0.15) is 0 Å². The van der Waals surface area contributed by atoms with Gasteiger partial charge in [0.05, 0.1) is 10.4 Å². The molecule has 21 heavy (non-hydrogen) atoms. The Hall–Kier alpha value is -2.52. The van der Waals surface area contributed by atoms with Gasteiger partial charge in [0.15, 0.2) is 0 Å². The van der Waals surface area contributed by atoms with Crippen LogP contribution in [-0.2, 0) is 0 Å². The Morgan fingerprint density at radius 3 is 2.52 bits per heavy atom. The maximum Gasteiger partial charge on any atom is 0.204 e. The maximum absolute atomic E-state index is 12.6. The zero-order valence-corrected chi connectivity index (χ0v) is 11.9. The maximum atomic E-state index is 12.6. The first-order valence-electron chi connectivity index (χ1n) is 6.69. The van der Waals surface area contributed by atoms with E-state index in [2.05, 4.69) is 4.98 Å². The summed E-state index contributed by atoms with van der Waals surface area (Å²) >= 11 is 1.53. The van der Waals surface area contributed by atoms with E-state index in [1.165, 1.54) is 11.3 Å². The van der Waals surface area contributed by atoms with Gasteiger partial charge in [-0.2, -0.15) is 0 Å². The van der Waals surface area contributed by atoms with E-state index in [9.17, 15) is 4.79 Å². The Morgan fingerprint density at radius 2 is 1.67 bits per heavy atom. The molecule has 0 amide bonds. The number of carbonyl (C=O) groups is 1. The smallest absolute Gasteiger partial charge is 0.204 e. The van der Waals surface area contributed by atoms with E-state index in [4.69, 9.17) is 0 Å². The van der Waals surface area contributed by atoms with E-state index in [1.54, 1.807) is 6.20 Å². The molecule has 2 aromatic carbocycles. The van der Waals surface area contributed by atoms with Crippen LogP contribution in [0, 0.1) is 0 Å². The highest BCUT2D eigenvalue weighted by Crippen LogP contribution is 2.27. The third-order valence-electron chi connectivity index (χ3n) is 3.50. The van der Waals surface area contributed by atoms with Crippen LogP contribution in [0.5, 0.6) is 0 Å². The molecule has 0 unspecified atom stereocenters. The van der Waals surface area contributed by atoms with Crippen LogP contribution < -0.4 is 0 Å². The van der Waals surface area contributed by atoms with Crippen LogP contribution in [0.4, 0.5) is 0 Å². The Balaban J connectivity index is 1.81. The molecule has 0 N–H and O–H groups in total. The largest absolute Gasteiger partial charge is 0.288 e. The Morgan fingerprint density at radius 1 is 0.905 bits per heavy atom. The van der Waals surface area contributed by atoms with Crippen LogP contribution in [-0.4, -0.2) is 10.8 Å². The van der Waals surface area contributed by atoms with Gasteiger partial charge >= 0.3 is 0 Å². The van der Waals surface area contributed by atoms with Crippen molar-refractivity contribution in [1.82, 2.24) is 4.98 Å². The van der Waals surface area contributed by atoms with Gasteiger partial charge in [0, 0.05) is 21.8 Å². The summed E-state index contributed by atoms with van der Waals surface area (Å²) in [6, 6.07) is 19.7. The van der Waals surface area contributed by atoms with Gasteiger partial charge in [0.2, 0.25) is 5.78 Å². The molecule has 0 saturated carbocycles. The number of nitrogens with zero attached hydrogens (tertiary/aromatic N) is 1. The van der Waals surface area contributed by atoms with Crippen molar-refractivity contribution in [3.8, 4) is 0 Å². The monoisotopic (exact) mass is 289 g/mol. The summed E-state index contributed by atoms with van der Waals surface area (Å²) in [4.78, 5) is 17.8. The summed E-state index contributed by atoms with van der Waals surface area (Å²) in [7, 11) is 0. The number of ketones is 1. The van der Waals surface area contributed by atoms with Gasteiger partial charge in [-0.05, 0) is 29.7 Å². The van der Waals surface area contributed by atoms with Gasteiger partial charge in [-0.15, -0.1) is 11.3 Å². The fourth-order valence-corrected chi connectivity index (χ4v) is 3.46. The number of carbonyl (C=O) groups excluding carboxylic acids is 1. The average molecular weight is 289 g/mol. The minimum absolute atomic E-state index is 0.0365. The molecule has 0 aliphatic carbocycles. The van der Waals surface area contributed by atoms with Gasteiger partial charge in [-0.3, -0.25) is 9.78 Å². The topological polar surface area (TPSA) is 30.0 Å². The summed E-state index contributed by atoms with van der Waals surface area (Å²) in [6.07, 6.45) is 1.66. The Bertz CT molecular complexity index is 938. The van der Waals surface area contributed by atoms with Gasteiger partial charge in [-0.1, -0.05) is 36.4 Å². The van der Waals surface area contributed by atoms with Crippen molar-refractivity contribution in [2.45, 2.75) is 0 Å². The van der Waals surface area contributed by atoms with Crippen molar-refractivity contribution in [2.24, 2.45) is 0 Å². The molecule has 3 heteroatoms. The van der Waals surface area contributed by atoms with Crippen LogP contribution in [0.1, 0.15) is 15.2 Å². The summed E-state index contributed by atoms with van der Waals surface area (Å²) in [5.74, 6) is 0.0365. The molecule has 4 rings (SSSR count). The number of pyridine rings is 1. The third-order valence-corrected chi connectivity index (χ3v) is 4.62. The highest BCUT2D eigenvalue weighted by molar-refractivity contribution is 7.21. The van der Waals surface area contributed by atoms with Crippen LogP contribution in [0.2, 0.25) is 0 Å².